The Bertz CT molecular complexity index is 1510. The summed E-state index contributed by atoms with van der Waals surface area (Å²) in [6.07, 6.45) is -0.377. The van der Waals surface area contributed by atoms with Crippen molar-refractivity contribution in [2.45, 2.75) is 20.0 Å². The van der Waals surface area contributed by atoms with Gasteiger partial charge in [0.25, 0.3) is 5.56 Å². The van der Waals surface area contributed by atoms with E-state index in [2.05, 4.69) is 20.6 Å². The van der Waals surface area contributed by atoms with E-state index in [-0.39, 0.29) is 29.4 Å². The van der Waals surface area contributed by atoms with Crippen molar-refractivity contribution in [1.82, 2.24) is 14.5 Å². The second-order valence-electron chi connectivity index (χ2n) is 7.98. The number of nitrogens with one attached hydrogen (secondary N) is 3. The third-order valence-corrected chi connectivity index (χ3v) is 5.23. The summed E-state index contributed by atoms with van der Waals surface area (Å²) in [5.74, 6) is -0.719. The number of halogens is 4. The molecule has 2 aromatic carbocycles. The molecule has 4 aromatic rings. The molecule has 192 valence electrons. The Morgan fingerprint density at radius 3 is 2.54 bits per heavy atom. The van der Waals surface area contributed by atoms with E-state index in [0.717, 1.165) is 18.2 Å². The van der Waals surface area contributed by atoms with Crippen LogP contribution in [0.4, 0.5) is 33.7 Å². The lowest BCUT2D eigenvalue weighted by atomic mass is 10.1. The number of nitrogens with zero attached hydrogens (tertiary/aromatic N) is 2. The van der Waals surface area contributed by atoms with Gasteiger partial charge in [-0.25, -0.2) is 14.2 Å². The molecule has 2 heterocycles. The number of anilines is 2. The van der Waals surface area contributed by atoms with Crippen LogP contribution in [-0.2, 0) is 6.18 Å². The molecule has 8 nitrogen and oxygen atoms in total. The first-order valence-electron chi connectivity index (χ1n) is 11.0. The highest BCUT2D eigenvalue weighted by Gasteiger charge is 2.31. The van der Waals surface area contributed by atoms with Gasteiger partial charge < -0.3 is 24.9 Å². The summed E-state index contributed by atoms with van der Waals surface area (Å²) in [4.78, 5) is 30.8. The van der Waals surface area contributed by atoms with Crippen LogP contribution in [0, 0.1) is 12.7 Å². The highest BCUT2D eigenvalue weighted by atomic mass is 19.4. The van der Waals surface area contributed by atoms with Gasteiger partial charge in [0.2, 0.25) is 0 Å². The molecule has 4 rings (SSSR count). The lowest BCUT2D eigenvalue weighted by Crippen LogP contribution is -2.21. The molecule has 0 aliphatic heterocycles. The summed E-state index contributed by atoms with van der Waals surface area (Å²) in [7, 11) is 0. The molecule has 0 fully saturated rings. The SMILES string of the molecule is CCOc1cc(-c2ccc(NC(=O)Nc3cc(-n4cnc(C)c4)cc(C(F)(F)F)c3)c(F)c2)c[nH]c1=O. The van der Waals surface area contributed by atoms with Gasteiger partial charge in [-0.1, -0.05) is 6.07 Å². The summed E-state index contributed by atoms with van der Waals surface area (Å²) in [5, 5.41) is 4.61. The molecule has 0 unspecified atom stereocenters. The minimum atomic E-state index is -4.66. The molecular formula is C25H21F4N5O3. The highest BCUT2D eigenvalue weighted by molar-refractivity contribution is 6.00. The zero-order valence-electron chi connectivity index (χ0n) is 19.6. The number of pyridine rings is 1. The largest absolute Gasteiger partial charge is 0.488 e. The van der Waals surface area contributed by atoms with Crippen molar-refractivity contribution in [1.29, 1.82) is 0 Å². The summed E-state index contributed by atoms with van der Waals surface area (Å²) in [6, 6.07) is 7.50. The van der Waals surface area contributed by atoms with Crippen LogP contribution in [0.15, 0.2) is 66.0 Å². The lowest BCUT2D eigenvalue weighted by molar-refractivity contribution is -0.137. The minimum absolute atomic E-state index is 0.0771. The average Bonchev–Trinajstić information content (AvgIpc) is 3.27. The first-order valence-corrected chi connectivity index (χ1v) is 11.0. The number of carbonyl (C=O) groups is 1. The third-order valence-electron chi connectivity index (χ3n) is 5.23. The van der Waals surface area contributed by atoms with Crippen LogP contribution in [0.1, 0.15) is 18.2 Å². The predicted molar refractivity (Wildman–Crippen MR) is 130 cm³/mol. The average molecular weight is 515 g/mol. The fourth-order valence-electron chi connectivity index (χ4n) is 3.53. The van der Waals surface area contributed by atoms with Crippen LogP contribution in [0.2, 0.25) is 0 Å². The van der Waals surface area contributed by atoms with Gasteiger partial charge in [-0.15, -0.1) is 0 Å². The van der Waals surface area contributed by atoms with Crippen LogP contribution in [-0.4, -0.2) is 27.2 Å². The Balaban J connectivity index is 1.55. The van der Waals surface area contributed by atoms with Crippen LogP contribution in [0.3, 0.4) is 0 Å². The number of aryl methyl sites for hydroxylation is 1. The molecule has 0 bridgehead atoms. The molecule has 0 atom stereocenters. The number of rotatable bonds is 6. The van der Waals surface area contributed by atoms with Gasteiger partial charge >= 0.3 is 12.2 Å². The van der Waals surface area contributed by atoms with Gasteiger partial charge in [0, 0.05) is 29.3 Å². The molecule has 0 spiro atoms. The number of alkyl halides is 3. The van der Waals surface area contributed by atoms with Crippen LogP contribution < -0.4 is 20.9 Å². The number of hydrogen-bond acceptors (Lipinski definition) is 4. The highest BCUT2D eigenvalue weighted by Crippen LogP contribution is 2.33. The number of benzene rings is 2. The maximum atomic E-state index is 14.8. The maximum Gasteiger partial charge on any atom is 0.416 e. The number of carbonyl (C=O) groups excluding carboxylic acids is 1. The van der Waals surface area contributed by atoms with E-state index in [0.29, 0.717) is 16.8 Å². The van der Waals surface area contributed by atoms with E-state index < -0.39 is 29.1 Å². The quantitative estimate of drug-likeness (QED) is 0.285. The fourth-order valence-corrected chi connectivity index (χ4v) is 3.53. The zero-order chi connectivity index (χ0) is 26.7. The lowest BCUT2D eigenvalue weighted by Gasteiger charge is -2.14. The number of urea groups is 1. The zero-order valence-corrected chi connectivity index (χ0v) is 19.6. The number of amides is 2. The minimum Gasteiger partial charge on any atom is -0.488 e. The summed E-state index contributed by atoms with van der Waals surface area (Å²) < 4.78 is 61.7. The van der Waals surface area contributed by atoms with E-state index in [4.69, 9.17) is 4.74 Å². The fraction of sp³-hybridized carbons (Fsp3) is 0.160. The molecule has 2 aromatic heterocycles. The molecule has 0 saturated heterocycles. The Labute approximate surface area is 207 Å². The monoisotopic (exact) mass is 515 g/mol. The van der Waals surface area contributed by atoms with E-state index in [9.17, 15) is 27.2 Å². The second-order valence-corrected chi connectivity index (χ2v) is 7.98. The number of aromatic amines is 1. The normalized spacial score (nSPS) is 11.3. The van der Waals surface area contributed by atoms with Crippen molar-refractivity contribution in [3.63, 3.8) is 0 Å². The molecule has 0 aliphatic carbocycles. The van der Waals surface area contributed by atoms with E-state index in [1.165, 1.54) is 47.6 Å². The molecule has 0 saturated carbocycles. The summed E-state index contributed by atoms with van der Waals surface area (Å²) >= 11 is 0. The Morgan fingerprint density at radius 2 is 1.89 bits per heavy atom. The summed E-state index contributed by atoms with van der Waals surface area (Å²) in [5.41, 5.74) is -0.150. The maximum absolute atomic E-state index is 14.8. The van der Waals surface area contributed by atoms with Gasteiger partial charge in [0.15, 0.2) is 5.75 Å². The van der Waals surface area contributed by atoms with Crippen LogP contribution >= 0.6 is 0 Å². The van der Waals surface area contributed by atoms with Gasteiger partial charge in [-0.05, 0) is 55.8 Å². The van der Waals surface area contributed by atoms with Crippen molar-refractivity contribution in [3.8, 4) is 22.6 Å². The van der Waals surface area contributed by atoms with Gasteiger partial charge in [-0.2, -0.15) is 13.2 Å². The summed E-state index contributed by atoms with van der Waals surface area (Å²) in [6.45, 7) is 3.68. The van der Waals surface area contributed by atoms with Crippen LogP contribution in [0.5, 0.6) is 5.75 Å². The third kappa shape index (κ3) is 5.97. The number of imidazole rings is 1. The number of hydrogen-bond donors (Lipinski definition) is 3. The molecule has 2 amide bonds. The number of aromatic nitrogens is 3. The molecule has 0 radical (unpaired) electrons. The Hall–Kier alpha value is -4.61. The topological polar surface area (TPSA) is 101 Å². The van der Waals surface area contributed by atoms with Crippen molar-refractivity contribution in [3.05, 3.63) is 88.6 Å². The molecule has 12 heteroatoms. The smallest absolute Gasteiger partial charge is 0.416 e. The van der Waals surface area contributed by atoms with Crippen molar-refractivity contribution < 1.29 is 27.1 Å². The molecule has 37 heavy (non-hydrogen) atoms. The van der Waals surface area contributed by atoms with Gasteiger partial charge in [0.1, 0.15) is 5.82 Å². The molecule has 0 aliphatic rings. The van der Waals surface area contributed by atoms with E-state index >= 15 is 0 Å². The van der Waals surface area contributed by atoms with Gasteiger partial charge in [0.05, 0.1) is 29.9 Å². The van der Waals surface area contributed by atoms with Crippen molar-refractivity contribution >= 4 is 17.4 Å². The van der Waals surface area contributed by atoms with Crippen molar-refractivity contribution in [2.24, 2.45) is 0 Å². The standard InChI is InChI=1S/C25H21F4N5O3/c1-3-37-22-7-16(11-30-23(22)35)15-4-5-21(20(26)6-15)33-24(36)32-18-8-17(25(27,28)29)9-19(10-18)34-12-14(2)31-13-34/h4-13H,3H2,1-2H3,(H,30,35)(H2,32,33,36). The first kappa shape index (κ1) is 25.5. The molecular weight excluding hydrogens is 494 g/mol. The van der Waals surface area contributed by atoms with Crippen LogP contribution in [0.25, 0.3) is 16.8 Å². The number of H-pyrrole nitrogens is 1. The second kappa shape index (κ2) is 10.2. The molecule has 3 N–H and O–H groups in total. The van der Waals surface area contributed by atoms with Gasteiger partial charge in [-0.3, -0.25) is 4.79 Å². The number of ether oxygens (including phenoxy) is 1. The predicted octanol–water partition coefficient (Wildman–Crippen LogP) is 5.74. The Morgan fingerprint density at radius 1 is 1.11 bits per heavy atom. The van der Waals surface area contributed by atoms with E-state index in [1.807, 2.05) is 0 Å². The Kier molecular flexibility index (Phi) is 7.00. The van der Waals surface area contributed by atoms with E-state index in [1.54, 1.807) is 13.8 Å². The van der Waals surface area contributed by atoms with Crippen molar-refractivity contribution in [2.75, 3.05) is 17.2 Å². The first-order chi connectivity index (χ1) is 17.5.